The Bertz CT molecular complexity index is 139. The van der Waals surface area contributed by atoms with Crippen LogP contribution in [0.2, 0.25) is 0 Å². The summed E-state index contributed by atoms with van der Waals surface area (Å²) < 4.78 is 15.5. The number of aliphatic hydroxyl groups is 1. The molecule has 1 fully saturated rings. The molecule has 1 aliphatic rings. The molecule has 0 aliphatic carbocycles. The van der Waals surface area contributed by atoms with E-state index >= 15 is 0 Å². The Labute approximate surface area is 72.4 Å². The van der Waals surface area contributed by atoms with Crippen LogP contribution < -0.4 is 0 Å². The predicted octanol–water partition coefficient (Wildman–Crippen LogP) is -0.204. The van der Waals surface area contributed by atoms with Gasteiger partial charge in [-0.25, -0.2) is 0 Å². The highest BCUT2D eigenvalue weighted by Crippen LogP contribution is 2.23. The van der Waals surface area contributed by atoms with Crippen molar-refractivity contribution in [2.45, 2.75) is 31.3 Å². The lowest BCUT2D eigenvalue weighted by atomic mass is 10.1. The summed E-state index contributed by atoms with van der Waals surface area (Å²) in [5, 5.41) is 9.55. The van der Waals surface area contributed by atoms with Gasteiger partial charge < -0.3 is 19.3 Å². The van der Waals surface area contributed by atoms with Gasteiger partial charge in [-0.1, -0.05) is 0 Å². The van der Waals surface area contributed by atoms with Gasteiger partial charge in [0.2, 0.25) is 0 Å². The van der Waals surface area contributed by atoms with E-state index in [9.17, 15) is 5.11 Å². The molecule has 12 heavy (non-hydrogen) atoms. The minimum Gasteiger partial charge on any atom is -0.388 e. The van der Waals surface area contributed by atoms with E-state index in [0.717, 1.165) is 0 Å². The molecule has 4 nitrogen and oxygen atoms in total. The van der Waals surface area contributed by atoms with Gasteiger partial charge in [0.05, 0.1) is 12.7 Å². The molecule has 0 amide bonds. The Hall–Kier alpha value is -0.160. The first-order valence-corrected chi connectivity index (χ1v) is 4.06. The maximum Gasteiger partial charge on any atom is 0.114 e. The Balaban J connectivity index is 2.52. The fourth-order valence-electron chi connectivity index (χ4n) is 1.51. The zero-order chi connectivity index (χ0) is 9.14. The van der Waals surface area contributed by atoms with Crippen LogP contribution in [-0.2, 0) is 14.2 Å². The lowest BCUT2D eigenvalue weighted by Crippen LogP contribution is -2.35. The zero-order valence-corrected chi connectivity index (χ0v) is 7.69. The number of ether oxygens (including phenoxy) is 3. The highest BCUT2D eigenvalue weighted by atomic mass is 16.6. The fourth-order valence-corrected chi connectivity index (χ4v) is 1.51. The SMILES string of the molecule is COC[C@@H]1O[C@H](C)[C@H](O)C1OC. The van der Waals surface area contributed by atoms with E-state index in [1.807, 2.05) is 6.92 Å². The third-order valence-electron chi connectivity index (χ3n) is 2.18. The van der Waals surface area contributed by atoms with Crippen LogP contribution in [-0.4, -0.2) is 50.3 Å². The zero-order valence-electron chi connectivity index (χ0n) is 7.69. The van der Waals surface area contributed by atoms with Gasteiger partial charge in [-0.3, -0.25) is 0 Å². The van der Waals surface area contributed by atoms with Gasteiger partial charge >= 0.3 is 0 Å². The summed E-state index contributed by atoms with van der Waals surface area (Å²) in [5.74, 6) is 0. The van der Waals surface area contributed by atoms with Crippen LogP contribution in [0, 0.1) is 0 Å². The van der Waals surface area contributed by atoms with Crippen molar-refractivity contribution < 1.29 is 19.3 Å². The highest BCUT2D eigenvalue weighted by molar-refractivity contribution is 4.89. The molecule has 1 unspecified atom stereocenters. The molecule has 1 rings (SSSR count). The number of rotatable bonds is 3. The van der Waals surface area contributed by atoms with Crippen molar-refractivity contribution in [3.05, 3.63) is 0 Å². The van der Waals surface area contributed by atoms with Gasteiger partial charge in [-0.15, -0.1) is 0 Å². The van der Waals surface area contributed by atoms with Crippen molar-refractivity contribution in [2.75, 3.05) is 20.8 Å². The second-order valence-electron chi connectivity index (χ2n) is 3.03. The first-order valence-electron chi connectivity index (χ1n) is 4.06. The van der Waals surface area contributed by atoms with Gasteiger partial charge in [-0.05, 0) is 6.92 Å². The molecule has 72 valence electrons. The summed E-state index contributed by atoms with van der Waals surface area (Å²) >= 11 is 0. The Morgan fingerprint density at radius 3 is 2.58 bits per heavy atom. The van der Waals surface area contributed by atoms with Crippen molar-refractivity contribution in [1.29, 1.82) is 0 Å². The van der Waals surface area contributed by atoms with Gasteiger partial charge in [0.1, 0.15) is 18.3 Å². The number of aliphatic hydroxyl groups excluding tert-OH is 1. The molecule has 0 saturated carbocycles. The van der Waals surface area contributed by atoms with Crippen LogP contribution in [0.25, 0.3) is 0 Å². The number of hydrogen-bond acceptors (Lipinski definition) is 4. The van der Waals surface area contributed by atoms with Crippen LogP contribution >= 0.6 is 0 Å². The molecule has 4 heteroatoms. The molecule has 0 aromatic rings. The summed E-state index contributed by atoms with van der Waals surface area (Å²) in [4.78, 5) is 0. The second-order valence-corrected chi connectivity index (χ2v) is 3.03. The Kier molecular flexibility index (Phi) is 3.46. The molecule has 0 radical (unpaired) electrons. The van der Waals surface area contributed by atoms with Crippen molar-refractivity contribution in [2.24, 2.45) is 0 Å². The van der Waals surface area contributed by atoms with Crippen molar-refractivity contribution in [1.82, 2.24) is 0 Å². The topological polar surface area (TPSA) is 47.9 Å². The highest BCUT2D eigenvalue weighted by Gasteiger charge is 2.41. The van der Waals surface area contributed by atoms with E-state index in [1.54, 1.807) is 14.2 Å². The van der Waals surface area contributed by atoms with E-state index in [1.165, 1.54) is 0 Å². The lowest BCUT2D eigenvalue weighted by Gasteiger charge is -2.17. The summed E-state index contributed by atoms with van der Waals surface area (Å²) in [5.41, 5.74) is 0. The molecule has 0 aromatic carbocycles. The maximum absolute atomic E-state index is 9.55. The third-order valence-corrected chi connectivity index (χ3v) is 2.18. The summed E-state index contributed by atoms with van der Waals surface area (Å²) in [6.45, 7) is 2.28. The maximum atomic E-state index is 9.55. The normalized spacial score (nSPS) is 42.0. The largest absolute Gasteiger partial charge is 0.388 e. The molecule has 0 spiro atoms. The van der Waals surface area contributed by atoms with Gasteiger partial charge in [0.25, 0.3) is 0 Å². The molecular weight excluding hydrogens is 160 g/mol. The van der Waals surface area contributed by atoms with Gasteiger partial charge in [-0.2, -0.15) is 0 Å². The standard InChI is InChI=1S/C8H16O4/c1-5-7(9)8(11-3)6(12-5)4-10-2/h5-9H,4H2,1-3H3/t5-,6+,7+,8?/m1/s1. The van der Waals surface area contributed by atoms with Gasteiger partial charge in [0, 0.05) is 14.2 Å². The molecule has 0 bridgehead atoms. The summed E-state index contributed by atoms with van der Waals surface area (Å²) in [6.07, 6.45) is -1.13. The predicted molar refractivity (Wildman–Crippen MR) is 43.0 cm³/mol. The molecule has 1 aliphatic heterocycles. The molecule has 1 N–H and O–H groups in total. The molecule has 1 heterocycles. The first kappa shape index (κ1) is 9.92. The average molecular weight is 176 g/mol. The van der Waals surface area contributed by atoms with Crippen LogP contribution in [0.15, 0.2) is 0 Å². The Morgan fingerprint density at radius 2 is 2.08 bits per heavy atom. The van der Waals surface area contributed by atoms with Crippen molar-refractivity contribution >= 4 is 0 Å². The van der Waals surface area contributed by atoms with E-state index in [-0.39, 0.29) is 18.3 Å². The minimum atomic E-state index is -0.546. The summed E-state index contributed by atoms with van der Waals surface area (Å²) in [6, 6.07) is 0. The number of methoxy groups -OCH3 is 2. The van der Waals surface area contributed by atoms with Gasteiger partial charge in [0.15, 0.2) is 0 Å². The van der Waals surface area contributed by atoms with Crippen LogP contribution in [0.3, 0.4) is 0 Å². The molecule has 4 atom stereocenters. The van der Waals surface area contributed by atoms with E-state index in [4.69, 9.17) is 14.2 Å². The molecule has 0 aromatic heterocycles. The quantitative estimate of drug-likeness (QED) is 0.646. The van der Waals surface area contributed by atoms with Crippen molar-refractivity contribution in [3.8, 4) is 0 Å². The van der Waals surface area contributed by atoms with E-state index < -0.39 is 6.10 Å². The lowest BCUT2D eigenvalue weighted by molar-refractivity contribution is -0.0436. The van der Waals surface area contributed by atoms with Crippen molar-refractivity contribution in [3.63, 3.8) is 0 Å². The molecular formula is C8H16O4. The van der Waals surface area contributed by atoms with Crippen LogP contribution in [0.5, 0.6) is 0 Å². The smallest absolute Gasteiger partial charge is 0.114 e. The Morgan fingerprint density at radius 1 is 1.42 bits per heavy atom. The van der Waals surface area contributed by atoms with Crippen LogP contribution in [0.1, 0.15) is 6.92 Å². The van der Waals surface area contributed by atoms with Crippen LogP contribution in [0.4, 0.5) is 0 Å². The first-order chi connectivity index (χ1) is 5.70. The monoisotopic (exact) mass is 176 g/mol. The average Bonchev–Trinajstić information content (AvgIpc) is 2.29. The summed E-state index contributed by atoms with van der Waals surface area (Å²) in [7, 11) is 3.17. The van der Waals surface area contributed by atoms with E-state index in [2.05, 4.69) is 0 Å². The second kappa shape index (κ2) is 4.18. The number of hydrogen-bond donors (Lipinski definition) is 1. The van der Waals surface area contributed by atoms with E-state index in [0.29, 0.717) is 6.61 Å². The molecule has 1 saturated heterocycles. The fraction of sp³-hybridized carbons (Fsp3) is 1.00. The third kappa shape index (κ3) is 1.77. The minimum absolute atomic E-state index is 0.148.